The van der Waals surface area contributed by atoms with Gasteiger partial charge in [0.15, 0.2) is 10.3 Å². The minimum atomic E-state index is 0.201. The van der Waals surface area contributed by atoms with E-state index in [0.717, 1.165) is 50.3 Å². The van der Waals surface area contributed by atoms with Crippen molar-refractivity contribution in [2.45, 2.75) is 76.9 Å². The fraction of sp³-hybridized carbons (Fsp3) is 0.700. The van der Waals surface area contributed by atoms with Crippen LogP contribution in [0.5, 0.6) is 0 Å². The summed E-state index contributed by atoms with van der Waals surface area (Å²) in [5.41, 5.74) is 8.49. The van der Waals surface area contributed by atoms with E-state index in [0.29, 0.717) is 17.2 Å². The number of nitrogen functional groups attached to an aromatic ring is 1. The zero-order valence-electron chi connectivity index (χ0n) is 16.9. The van der Waals surface area contributed by atoms with Crippen LogP contribution in [0.1, 0.15) is 66.7 Å². The Morgan fingerprint density at radius 1 is 1.00 bits per heavy atom. The van der Waals surface area contributed by atoms with Crippen LogP contribution in [0.15, 0.2) is 0 Å². The third kappa shape index (κ3) is 4.35. The maximum Gasteiger partial charge on any atom is 0.183 e. The highest BCUT2D eigenvalue weighted by molar-refractivity contribution is 7.16. The van der Waals surface area contributed by atoms with E-state index in [4.69, 9.17) is 10.7 Å². The minimum absolute atomic E-state index is 0.201. The monoisotopic (exact) mass is 420 g/mol. The molecular weight excluding hydrogens is 388 g/mol. The summed E-state index contributed by atoms with van der Waals surface area (Å²) >= 11 is 3.47. The smallest absolute Gasteiger partial charge is 0.183 e. The minimum Gasteiger partial charge on any atom is -0.375 e. The Labute approximate surface area is 175 Å². The second-order valence-electron chi connectivity index (χ2n) is 7.87. The van der Waals surface area contributed by atoms with Crippen LogP contribution in [0.25, 0.3) is 0 Å². The van der Waals surface area contributed by atoms with Gasteiger partial charge in [0.05, 0.1) is 22.3 Å². The Hall–Kier alpha value is -1.22. The third-order valence-electron chi connectivity index (χ3n) is 5.68. The van der Waals surface area contributed by atoms with E-state index in [2.05, 4.69) is 34.8 Å². The van der Waals surface area contributed by atoms with Crippen molar-refractivity contribution in [3.63, 3.8) is 0 Å². The van der Waals surface area contributed by atoms with E-state index >= 15 is 0 Å². The van der Waals surface area contributed by atoms with Gasteiger partial charge in [-0.1, -0.05) is 25.2 Å². The lowest BCUT2D eigenvalue weighted by molar-refractivity contribution is 0.412. The number of anilines is 2. The summed E-state index contributed by atoms with van der Waals surface area (Å²) < 4.78 is 0. The van der Waals surface area contributed by atoms with Gasteiger partial charge in [0, 0.05) is 17.0 Å². The molecule has 154 valence electrons. The van der Waals surface area contributed by atoms with E-state index < -0.39 is 0 Å². The average molecular weight is 421 g/mol. The molecule has 0 aliphatic heterocycles. The molecule has 0 amide bonds. The zero-order valence-corrected chi connectivity index (χ0v) is 18.5. The highest BCUT2D eigenvalue weighted by atomic mass is 32.1. The van der Waals surface area contributed by atoms with Crippen LogP contribution >= 0.6 is 22.7 Å². The van der Waals surface area contributed by atoms with Gasteiger partial charge in [-0.05, 0) is 58.0 Å². The van der Waals surface area contributed by atoms with E-state index in [1.165, 1.54) is 34.0 Å². The van der Waals surface area contributed by atoms with Crippen LogP contribution in [0, 0.1) is 0 Å². The molecule has 2 aliphatic rings. The molecule has 5 N–H and O–H groups in total. The fourth-order valence-corrected chi connectivity index (χ4v) is 6.38. The van der Waals surface area contributed by atoms with Crippen LogP contribution < -0.4 is 21.7 Å². The molecule has 0 radical (unpaired) electrons. The van der Waals surface area contributed by atoms with Gasteiger partial charge in [-0.2, -0.15) is 0 Å². The van der Waals surface area contributed by atoms with E-state index in [1.54, 1.807) is 11.3 Å². The molecule has 2 aromatic rings. The molecule has 0 unspecified atom stereocenters. The molecule has 0 saturated carbocycles. The van der Waals surface area contributed by atoms with Crippen molar-refractivity contribution in [3.8, 4) is 0 Å². The van der Waals surface area contributed by atoms with Crippen LogP contribution in [0.2, 0.25) is 0 Å². The van der Waals surface area contributed by atoms with Crippen LogP contribution in [-0.2, 0) is 19.3 Å². The SMILES string of the molecule is CCCN[C@H]1CCc2nc(N[C@H]3c4sc(N)nc4CC[C@H]3NCCC)sc2C1. The first-order valence-corrected chi connectivity index (χ1v) is 12.3. The van der Waals surface area contributed by atoms with Gasteiger partial charge >= 0.3 is 0 Å². The molecule has 0 spiro atoms. The summed E-state index contributed by atoms with van der Waals surface area (Å²) in [6.45, 7) is 6.58. The lowest BCUT2D eigenvalue weighted by Gasteiger charge is -2.32. The number of hydrogen-bond acceptors (Lipinski definition) is 8. The first kappa shape index (κ1) is 20.1. The molecule has 2 heterocycles. The Balaban J connectivity index is 1.51. The lowest BCUT2D eigenvalue weighted by atomic mass is 9.92. The predicted octanol–water partition coefficient (Wildman–Crippen LogP) is 3.51. The Bertz CT molecular complexity index is 786. The van der Waals surface area contributed by atoms with Crippen molar-refractivity contribution >= 4 is 32.9 Å². The molecule has 0 bridgehead atoms. The van der Waals surface area contributed by atoms with Gasteiger partial charge in [-0.3, -0.25) is 0 Å². The molecule has 3 atom stereocenters. The van der Waals surface area contributed by atoms with E-state index in [1.807, 2.05) is 11.3 Å². The molecule has 8 heteroatoms. The number of nitrogens with one attached hydrogen (secondary N) is 3. The molecule has 2 aliphatic carbocycles. The number of fused-ring (bicyclic) bond motifs is 2. The first-order chi connectivity index (χ1) is 13.7. The molecule has 6 nitrogen and oxygen atoms in total. The average Bonchev–Trinajstić information content (AvgIpc) is 3.27. The Morgan fingerprint density at radius 3 is 2.61 bits per heavy atom. The van der Waals surface area contributed by atoms with Crippen LogP contribution in [0.3, 0.4) is 0 Å². The highest BCUT2D eigenvalue weighted by Gasteiger charge is 2.33. The van der Waals surface area contributed by atoms with E-state index in [-0.39, 0.29) is 6.04 Å². The number of rotatable bonds is 8. The van der Waals surface area contributed by atoms with Crippen molar-refractivity contribution in [1.29, 1.82) is 0 Å². The largest absolute Gasteiger partial charge is 0.375 e. The Morgan fingerprint density at radius 2 is 1.79 bits per heavy atom. The first-order valence-electron chi connectivity index (χ1n) is 10.6. The summed E-state index contributed by atoms with van der Waals surface area (Å²) in [5.74, 6) is 0. The maximum atomic E-state index is 6.03. The molecule has 0 saturated heterocycles. The molecular formula is C20H32N6S2. The fourth-order valence-electron chi connectivity index (χ4n) is 4.25. The summed E-state index contributed by atoms with van der Waals surface area (Å²) in [6.07, 6.45) is 7.79. The van der Waals surface area contributed by atoms with Crippen molar-refractivity contribution in [1.82, 2.24) is 20.6 Å². The number of hydrogen-bond donors (Lipinski definition) is 4. The lowest BCUT2D eigenvalue weighted by Crippen LogP contribution is -2.41. The molecule has 0 fully saturated rings. The molecule has 0 aromatic carbocycles. The quantitative estimate of drug-likeness (QED) is 0.523. The standard InChI is InChI=1S/C20H32N6S2/c1-3-9-22-12-5-6-13-16(11-12)27-20(25-13)26-17-14(23-10-4-2)7-8-15-18(17)28-19(21)24-15/h12,14,17,22-23H,3-11H2,1-2H3,(H2,21,24)(H,25,26)/t12-,14+,17+/m0/s1. The van der Waals surface area contributed by atoms with Gasteiger partial charge in [0.1, 0.15) is 0 Å². The topological polar surface area (TPSA) is 87.9 Å². The van der Waals surface area contributed by atoms with Crippen molar-refractivity contribution < 1.29 is 0 Å². The summed E-state index contributed by atoms with van der Waals surface area (Å²) in [7, 11) is 0. The zero-order chi connectivity index (χ0) is 19.5. The van der Waals surface area contributed by atoms with Crippen LogP contribution in [-0.4, -0.2) is 35.1 Å². The summed E-state index contributed by atoms with van der Waals surface area (Å²) in [4.78, 5) is 12.3. The normalized spacial score (nSPS) is 24.0. The van der Waals surface area contributed by atoms with Gasteiger partial charge in [-0.15, -0.1) is 11.3 Å². The predicted molar refractivity (Wildman–Crippen MR) is 120 cm³/mol. The Kier molecular flexibility index (Phi) is 6.50. The highest BCUT2D eigenvalue weighted by Crippen LogP contribution is 2.39. The van der Waals surface area contributed by atoms with E-state index in [9.17, 15) is 0 Å². The number of aryl methyl sites for hydroxylation is 2. The van der Waals surface area contributed by atoms with Crippen molar-refractivity contribution in [2.75, 3.05) is 24.1 Å². The molecule has 28 heavy (non-hydrogen) atoms. The molecule has 4 rings (SSSR count). The molecule has 2 aromatic heterocycles. The van der Waals surface area contributed by atoms with Gasteiger partial charge in [-0.25, -0.2) is 9.97 Å². The number of nitrogens with zero attached hydrogens (tertiary/aromatic N) is 2. The second-order valence-corrected chi connectivity index (χ2v) is 10.0. The second kappa shape index (κ2) is 9.07. The summed E-state index contributed by atoms with van der Waals surface area (Å²) in [6, 6.07) is 1.20. The van der Waals surface area contributed by atoms with Gasteiger partial charge < -0.3 is 21.7 Å². The number of nitrogens with two attached hydrogens (primary N) is 1. The number of aromatic nitrogens is 2. The van der Waals surface area contributed by atoms with Crippen molar-refractivity contribution in [3.05, 3.63) is 21.1 Å². The van der Waals surface area contributed by atoms with Gasteiger partial charge in [0.25, 0.3) is 0 Å². The third-order valence-corrected chi connectivity index (χ3v) is 7.74. The van der Waals surface area contributed by atoms with Gasteiger partial charge in [0.2, 0.25) is 0 Å². The summed E-state index contributed by atoms with van der Waals surface area (Å²) in [5, 5.41) is 12.9. The maximum absolute atomic E-state index is 6.03. The number of thiazole rings is 2. The van der Waals surface area contributed by atoms with Crippen molar-refractivity contribution in [2.24, 2.45) is 0 Å². The van der Waals surface area contributed by atoms with Crippen LogP contribution in [0.4, 0.5) is 10.3 Å².